The number of hydrogen-bond donors (Lipinski definition) is 2. The molecule has 11 heavy (non-hydrogen) atoms. The van der Waals surface area contributed by atoms with Crippen LogP contribution < -0.4 is 11.3 Å². The Bertz CT molecular complexity index is 303. The van der Waals surface area contributed by atoms with Gasteiger partial charge >= 0.3 is 0 Å². The third-order valence-electron chi connectivity index (χ3n) is 1.26. The van der Waals surface area contributed by atoms with E-state index < -0.39 is 5.82 Å². The molecule has 4 heteroatoms. The first kappa shape index (κ1) is 7.51. The van der Waals surface area contributed by atoms with Crippen molar-refractivity contribution in [2.24, 2.45) is 5.84 Å². The molecular weight excluding hydrogens is 145 g/mol. The summed E-state index contributed by atoms with van der Waals surface area (Å²) in [6.45, 7) is 0. The SMILES string of the molecule is N#Cc1cc(F)ccc1NN. The molecule has 0 saturated carbocycles. The monoisotopic (exact) mass is 151 g/mol. The first-order valence-corrected chi connectivity index (χ1v) is 2.94. The third kappa shape index (κ3) is 1.45. The lowest BCUT2D eigenvalue weighted by Gasteiger charge is -2.00. The maximum atomic E-state index is 12.5. The summed E-state index contributed by atoms with van der Waals surface area (Å²) in [4.78, 5) is 0. The molecule has 56 valence electrons. The van der Waals surface area contributed by atoms with Crippen molar-refractivity contribution in [1.29, 1.82) is 5.26 Å². The van der Waals surface area contributed by atoms with E-state index in [4.69, 9.17) is 11.1 Å². The molecule has 1 aromatic carbocycles. The van der Waals surface area contributed by atoms with Gasteiger partial charge in [-0.1, -0.05) is 0 Å². The van der Waals surface area contributed by atoms with Crippen LogP contribution in [-0.2, 0) is 0 Å². The van der Waals surface area contributed by atoms with Crippen LogP contribution in [0.3, 0.4) is 0 Å². The lowest BCUT2D eigenvalue weighted by Crippen LogP contribution is -2.08. The standard InChI is InChI=1S/C7H6FN3/c8-6-1-2-7(11-10)5(3-6)4-9/h1-3,11H,10H2. The second-order valence-corrected chi connectivity index (χ2v) is 1.95. The van der Waals surface area contributed by atoms with E-state index in [0.717, 1.165) is 6.07 Å². The average molecular weight is 151 g/mol. The fourth-order valence-electron chi connectivity index (χ4n) is 0.735. The number of nitrogens with two attached hydrogens (primary N) is 1. The summed E-state index contributed by atoms with van der Waals surface area (Å²) in [5.41, 5.74) is 2.91. The maximum absolute atomic E-state index is 12.5. The Morgan fingerprint density at radius 2 is 2.27 bits per heavy atom. The molecule has 0 aliphatic rings. The minimum atomic E-state index is -0.444. The van der Waals surface area contributed by atoms with Crippen molar-refractivity contribution in [3.63, 3.8) is 0 Å². The predicted molar refractivity (Wildman–Crippen MR) is 38.9 cm³/mol. The normalized spacial score (nSPS) is 8.82. The van der Waals surface area contributed by atoms with Crippen LogP contribution in [0.5, 0.6) is 0 Å². The summed E-state index contributed by atoms with van der Waals surface area (Å²) in [7, 11) is 0. The minimum Gasteiger partial charge on any atom is -0.323 e. The molecule has 1 aromatic rings. The van der Waals surface area contributed by atoms with E-state index in [1.807, 2.05) is 0 Å². The number of nitriles is 1. The second kappa shape index (κ2) is 2.99. The smallest absolute Gasteiger partial charge is 0.124 e. The molecule has 0 bridgehead atoms. The van der Waals surface area contributed by atoms with Gasteiger partial charge in [-0.2, -0.15) is 5.26 Å². The van der Waals surface area contributed by atoms with E-state index >= 15 is 0 Å². The zero-order chi connectivity index (χ0) is 8.27. The Kier molecular flexibility index (Phi) is 2.04. The van der Waals surface area contributed by atoms with Gasteiger partial charge in [0.1, 0.15) is 11.9 Å². The van der Waals surface area contributed by atoms with E-state index in [0.29, 0.717) is 5.69 Å². The third-order valence-corrected chi connectivity index (χ3v) is 1.26. The lowest BCUT2D eigenvalue weighted by atomic mass is 10.2. The van der Waals surface area contributed by atoms with Gasteiger partial charge in [-0.3, -0.25) is 5.84 Å². The number of anilines is 1. The van der Waals surface area contributed by atoms with Crippen LogP contribution in [0.25, 0.3) is 0 Å². The van der Waals surface area contributed by atoms with Crippen molar-refractivity contribution in [2.75, 3.05) is 5.43 Å². The molecule has 0 radical (unpaired) electrons. The van der Waals surface area contributed by atoms with E-state index in [2.05, 4.69) is 5.43 Å². The van der Waals surface area contributed by atoms with Gasteiger partial charge in [-0.05, 0) is 18.2 Å². The number of nitrogens with one attached hydrogen (secondary N) is 1. The average Bonchev–Trinajstić information content (AvgIpc) is 2.04. The molecule has 3 nitrogen and oxygen atoms in total. The highest BCUT2D eigenvalue weighted by molar-refractivity contribution is 5.56. The van der Waals surface area contributed by atoms with Crippen molar-refractivity contribution in [3.05, 3.63) is 29.6 Å². The van der Waals surface area contributed by atoms with Crippen LogP contribution in [0.15, 0.2) is 18.2 Å². The second-order valence-electron chi connectivity index (χ2n) is 1.95. The van der Waals surface area contributed by atoms with Crippen molar-refractivity contribution in [3.8, 4) is 6.07 Å². The van der Waals surface area contributed by atoms with Crippen LogP contribution in [0, 0.1) is 17.1 Å². The number of nitrogens with zero attached hydrogens (tertiary/aromatic N) is 1. The zero-order valence-corrected chi connectivity index (χ0v) is 5.63. The quantitative estimate of drug-likeness (QED) is 0.464. The van der Waals surface area contributed by atoms with Gasteiger partial charge in [0.2, 0.25) is 0 Å². The first-order chi connectivity index (χ1) is 5.27. The van der Waals surface area contributed by atoms with E-state index in [-0.39, 0.29) is 5.56 Å². The largest absolute Gasteiger partial charge is 0.323 e. The zero-order valence-electron chi connectivity index (χ0n) is 5.63. The Morgan fingerprint density at radius 1 is 1.55 bits per heavy atom. The first-order valence-electron chi connectivity index (χ1n) is 2.94. The molecule has 0 atom stereocenters. The molecule has 1 rings (SSSR count). The molecular formula is C7H6FN3. The predicted octanol–water partition coefficient (Wildman–Crippen LogP) is 0.983. The molecule has 0 unspecified atom stereocenters. The molecule has 0 aromatic heterocycles. The van der Waals surface area contributed by atoms with E-state index in [1.165, 1.54) is 12.1 Å². The Balaban J connectivity index is 3.19. The number of halogens is 1. The Hall–Kier alpha value is -1.60. The van der Waals surface area contributed by atoms with Crippen LogP contribution >= 0.6 is 0 Å². The van der Waals surface area contributed by atoms with Crippen LogP contribution in [0.4, 0.5) is 10.1 Å². The summed E-state index contributed by atoms with van der Waals surface area (Å²) in [5, 5.41) is 8.46. The van der Waals surface area contributed by atoms with Crippen LogP contribution in [0.1, 0.15) is 5.56 Å². The van der Waals surface area contributed by atoms with Gasteiger partial charge in [0.15, 0.2) is 0 Å². The molecule has 0 fully saturated rings. The number of hydrazine groups is 1. The summed E-state index contributed by atoms with van der Waals surface area (Å²) < 4.78 is 12.5. The Labute approximate surface area is 63.2 Å². The molecule has 0 saturated heterocycles. The molecule has 0 aliphatic carbocycles. The van der Waals surface area contributed by atoms with E-state index in [1.54, 1.807) is 6.07 Å². The molecule has 0 amide bonds. The summed E-state index contributed by atoms with van der Waals surface area (Å²) in [6.07, 6.45) is 0. The molecule has 3 N–H and O–H groups in total. The summed E-state index contributed by atoms with van der Waals surface area (Å²) >= 11 is 0. The van der Waals surface area contributed by atoms with Crippen molar-refractivity contribution in [1.82, 2.24) is 0 Å². The van der Waals surface area contributed by atoms with Gasteiger partial charge in [0.05, 0.1) is 11.3 Å². The number of benzene rings is 1. The number of nitrogen functional groups attached to an aromatic ring is 1. The molecule has 0 aliphatic heterocycles. The van der Waals surface area contributed by atoms with Gasteiger partial charge in [0, 0.05) is 0 Å². The summed E-state index contributed by atoms with van der Waals surface area (Å²) in [5.74, 6) is 4.61. The van der Waals surface area contributed by atoms with Gasteiger partial charge < -0.3 is 5.43 Å². The van der Waals surface area contributed by atoms with Gasteiger partial charge in [-0.25, -0.2) is 4.39 Å². The fourth-order valence-corrected chi connectivity index (χ4v) is 0.735. The van der Waals surface area contributed by atoms with Crippen LogP contribution in [-0.4, -0.2) is 0 Å². The van der Waals surface area contributed by atoms with Crippen molar-refractivity contribution >= 4 is 5.69 Å². The van der Waals surface area contributed by atoms with Gasteiger partial charge in [-0.15, -0.1) is 0 Å². The van der Waals surface area contributed by atoms with Crippen LogP contribution in [0.2, 0.25) is 0 Å². The highest BCUT2D eigenvalue weighted by Crippen LogP contribution is 2.13. The topological polar surface area (TPSA) is 61.8 Å². The van der Waals surface area contributed by atoms with Crippen molar-refractivity contribution < 1.29 is 4.39 Å². The van der Waals surface area contributed by atoms with Crippen molar-refractivity contribution in [2.45, 2.75) is 0 Å². The highest BCUT2D eigenvalue weighted by atomic mass is 19.1. The number of rotatable bonds is 1. The molecule has 0 spiro atoms. The summed E-state index contributed by atoms with van der Waals surface area (Å²) in [6, 6.07) is 5.57. The lowest BCUT2D eigenvalue weighted by molar-refractivity contribution is 0.627. The van der Waals surface area contributed by atoms with E-state index in [9.17, 15) is 4.39 Å². The highest BCUT2D eigenvalue weighted by Gasteiger charge is 2.00. The molecule has 0 heterocycles. The fraction of sp³-hybridized carbons (Fsp3) is 0. The Morgan fingerprint density at radius 3 is 2.82 bits per heavy atom. The maximum Gasteiger partial charge on any atom is 0.124 e. The van der Waals surface area contributed by atoms with Gasteiger partial charge in [0.25, 0.3) is 0 Å². The number of hydrogen-bond acceptors (Lipinski definition) is 3. The minimum absolute atomic E-state index is 0.201.